The Kier molecular flexibility index (Phi) is 3.08. The topological polar surface area (TPSA) is 54.4 Å². The summed E-state index contributed by atoms with van der Waals surface area (Å²) >= 11 is 1.04. The predicted octanol–water partition coefficient (Wildman–Crippen LogP) is 3.20. The summed E-state index contributed by atoms with van der Waals surface area (Å²) < 4.78 is 0.666. The van der Waals surface area contributed by atoms with E-state index in [1.807, 2.05) is 0 Å². The molecule has 98 valence electrons. The summed E-state index contributed by atoms with van der Waals surface area (Å²) in [5, 5.41) is 10.2. The van der Waals surface area contributed by atoms with Crippen LogP contribution in [0.4, 0.5) is 0 Å². The maximum atomic E-state index is 12.4. The molecule has 20 heavy (non-hydrogen) atoms. The second-order valence-corrected chi connectivity index (χ2v) is 5.33. The number of benzene rings is 2. The number of rotatable bonds is 2. The molecule has 3 nitrogen and oxygen atoms in total. The van der Waals surface area contributed by atoms with Crippen molar-refractivity contribution in [2.45, 2.75) is 0 Å². The van der Waals surface area contributed by atoms with Gasteiger partial charge in [0.1, 0.15) is 5.56 Å². The Morgan fingerprint density at radius 2 is 1.60 bits per heavy atom. The van der Waals surface area contributed by atoms with Gasteiger partial charge in [0.15, 0.2) is 5.06 Å². The Morgan fingerprint density at radius 1 is 0.950 bits per heavy atom. The number of hydrogen-bond donors (Lipinski definition) is 1. The monoisotopic (exact) mass is 282 g/mol. The second-order valence-electron chi connectivity index (χ2n) is 4.30. The van der Waals surface area contributed by atoms with E-state index in [1.54, 1.807) is 54.6 Å². The normalized spacial score (nSPS) is 10.6. The van der Waals surface area contributed by atoms with E-state index < -0.39 is 11.2 Å². The van der Waals surface area contributed by atoms with Gasteiger partial charge in [0.25, 0.3) is 0 Å². The van der Waals surface area contributed by atoms with Gasteiger partial charge in [-0.1, -0.05) is 53.8 Å². The van der Waals surface area contributed by atoms with E-state index >= 15 is 0 Å². The summed E-state index contributed by atoms with van der Waals surface area (Å²) in [6, 6.07) is 15.4. The molecule has 0 bridgehead atoms. The van der Waals surface area contributed by atoms with Crippen LogP contribution in [0.5, 0.6) is 5.06 Å². The van der Waals surface area contributed by atoms with Crippen LogP contribution in [-0.4, -0.2) is 10.9 Å². The molecule has 0 unspecified atom stereocenters. The average molecular weight is 282 g/mol. The minimum Gasteiger partial charge on any atom is -0.499 e. The molecule has 0 amide bonds. The number of hydrogen-bond acceptors (Lipinski definition) is 4. The van der Waals surface area contributed by atoms with Crippen molar-refractivity contribution in [3.8, 4) is 5.06 Å². The quantitative estimate of drug-likeness (QED) is 0.734. The van der Waals surface area contributed by atoms with E-state index in [4.69, 9.17) is 0 Å². The Balaban J connectivity index is 2.27. The molecule has 0 spiro atoms. The highest BCUT2D eigenvalue weighted by Gasteiger charge is 2.20. The van der Waals surface area contributed by atoms with E-state index in [1.165, 1.54) is 0 Å². The molecule has 0 fully saturated rings. The molecule has 0 saturated heterocycles. The summed E-state index contributed by atoms with van der Waals surface area (Å²) in [7, 11) is 0. The summed E-state index contributed by atoms with van der Waals surface area (Å²) in [6.45, 7) is 0. The Labute approximate surface area is 118 Å². The van der Waals surface area contributed by atoms with Crippen LogP contribution in [0.3, 0.4) is 0 Å². The zero-order valence-electron chi connectivity index (χ0n) is 10.4. The van der Waals surface area contributed by atoms with Crippen LogP contribution in [0, 0.1) is 0 Å². The molecular formula is C16H10O3S. The number of carbonyl (C=O) groups excluding carboxylic acids is 1. The minimum absolute atomic E-state index is 0.153. The van der Waals surface area contributed by atoms with E-state index in [2.05, 4.69) is 0 Å². The Hall–Kier alpha value is -2.46. The lowest BCUT2D eigenvalue weighted by Crippen LogP contribution is -2.15. The van der Waals surface area contributed by atoms with Crippen LogP contribution in [0.15, 0.2) is 59.4 Å². The van der Waals surface area contributed by atoms with Gasteiger partial charge in [0.05, 0.1) is 0 Å². The van der Waals surface area contributed by atoms with Crippen molar-refractivity contribution in [2.75, 3.05) is 0 Å². The van der Waals surface area contributed by atoms with Gasteiger partial charge in [-0.2, -0.15) is 0 Å². The van der Waals surface area contributed by atoms with Crippen molar-refractivity contribution < 1.29 is 9.90 Å². The van der Waals surface area contributed by atoms with Gasteiger partial charge in [-0.05, 0) is 12.1 Å². The van der Waals surface area contributed by atoms with Gasteiger partial charge >= 0.3 is 0 Å². The van der Waals surface area contributed by atoms with Crippen LogP contribution in [0.1, 0.15) is 15.9 Å². The van der Waals surface area contributed by atoms with Crippen molar-refractivity contribution in [3.63, 3.8) is 0 Å². The molecule has 0 aliphatic rings. The fourth-order valence-corrected chi connectivity index (χ4v) is 2.98. The molecule has 0 atom stereocenters. The maximum Gasteiger partial charge on any atom is 0.203 e. The van der Waals surface area contributed by atoms with Gasteiger partial charge in [0.2, 0.25) is 11.2 Å². The van der Waals surface area contributed by atoms with Crippen LogP contribution < -0.4 is 5.43 Å². The fourth-order valence-electron chi connectivity index (χ4n) is 2.06. The van der Waals surface area contributed by atoms with E-state index in [-0.39, 0.29) is 10.6 Å². The van der Waals surface area contributed by atoms with E-state index in [0.29, 0.717) is 15.6 Å². The lowest BCUT2D eigenvalue weighted by Gasteiger charge is -2.04. The number of carbonyl (C=O) groups is 1. The van der Waals surface area contributed by atoms with Gasteiger partial charge in [0, 0.05) is 15.6 Å². The Morgan fingerprint density at radius 3 is 2.35 bits per heavy atom. The second kappa shape index (κ2) is 4.90. The molecule has 1 heterocycles. The van der Waals surface area contributed by atoms with Gasteiger partial charge < -0.3 is 5.11 Å². The molecule has 3 aromatic rings. The SMILES string of the molecule is O=C(c1ccccc1)c1c(O)sc2ccccc2c1=O. The molecule has 0 radical (unpaired) electrons. The van der Waals surface area contributed by atoms with Crippen molar-refractivity contribution in [1.82, 2.24) is 0 Å². The lowest BCUT2D eigenvalue weighted by atomic mass is 10.0. The van der Waals surface area contributed by atoms with Crippen molar-refractivity contribution in [3.05, 3.63) is 75.9 Å². The predicted molar refractivity (Wildman–Crippen MR) is 79.6 cm³/mol. The van der Waals surface area contributed by atoms with Crippen molar-refractivity contribution in [1.29, 1.82) is 0 Å². The largest absolute Gasteiger partial charge is 0.499 e. The molecule has 0 aliphatic heterocycles. The summed E-state index contributed by atoms with van der Waals surface area (Å²) in [5.41, 5.74) is -0.187. The third kappa shape index (κ3) is 2.00. The molecule has 0 aliphatic carbocycles. The molecule has 3 rings (SSSR count). The van der Waals surface area contributed by atoms with Crippen LogP contribution in [-0.2, 0) is 0 Å². The van der Waals surface area contributed by atoms with Crippen molar-refractivity contribution >= 4 is 27.2 Å². The third-order valence-electron chi connectivity index (χ3n) is 3.04. The van der Waals surface area contributed by atoms with Crippen LogP contribution in [0.25, 0.3) is 10.1 Å². The lowest BCUT2D eigenvalue weighted by molar-refractivity contribution is 0.103. The van der Waals surface area contributed by atoms with E-state index in [9.17, 15) is 14.7 Å². The standard InChI is InChI=1S/C16H10O3S/c17-14(10-6-2-1-3-7-10)13-15(18)11-8-4-5-9-12(11)20-16(13)19/h1-9,19H. The smallest absolute Gasteiger partial charge is 0.203 e. The molecule has 4 heteroatoms. The zero-order chi connectivity index (χ0) is 14.1. The van der Waals surface area contributed by atoms with Crippen molar-refractivity contribution in [2.24, 2.45) is 0 Å². The number of ketones is 1. The summed E-state index contributed by atoms with van der Waals surface area (Å²) in [4.78, 5) is 24.8. The van der Waals surface area contributed by atoms with Gasteiger partial charge in [-0.25, -0.2) is 0 Å². The first-order valence-corrected chi connectivity index (χ1v) is 6.84. The van der Waals surface area contributed by atoms with E-state index in [0.717, 1.165) is 11.3 Å². The number of aromatic hydroxyl groups is 1. The molecule has 0 saturated carbocycles. The highest BCUT2D eigenvalue weighted by Crippen LogP contribution is 2.28. The molecule has 1 aromatic heterocycles. The first-order chi connectivity index (χ1) is 9.68. The van der Waals surface area contributed by atoms with Gasteiger partial charge in [-0.15, -0.1) is 0 Å². The minimum atomic E-state index is -0.449. The van der Waals surface area contributed by atoms with Gasteiger partial charge in [-0.3, -0.25) is 9.59 Å². The summed E-state index contributed by atoms with van der Waals surface area (Å²) in [6.07, 6.45) is 0. The average Bonchev–Trinajstić information content (AvgIpc) is 2.48. The first kappa shape index (κ1) is 12.6. The molecule has 2 aromatic carbocycles. The van der Waals surface area contributed by atoms with Crippen LogP contribution in [0.2, 0.25) is 0 Å². The first-order valence-electron chi connectivity index (χ1n) is 6.03. The highest BCUT2D eigenvalue weighted by atomic mass is 32.1. The third-order valence-corrected chi connectivity index (χ3v) is 4.02. The fraction of sp³-hybridized carbons (Fsp3) is 0. The zero-order valence-corrected chi connectivity index (χ0v) is 11.2. The highest BCUT2D eigenvalue weighted by molar-refractivity contribution is 7.20. The summed E-state index contributed by atoms with van der Waals surface area (Å²) in [5.74, 6) is -0.449. The Bertz CT molecular complexity index is 850. The molecule has 1 N–H and O–H groups in total. The molecular weight excluding hydrogens is 272 g/mol. The van der Waals surface area contributed by atoms with Crippen LogP contribution >= 0.6 is 11.3 Å². The number of fused-ring (bicyclic) bond motifs is 1. The maximum absolute atomic E-state index is 12.4.